The molecule has 0 saturated carbocycles. The van der Waals surface area contributed by atoms with Crippen LogP contribution in [-0.4, -0.2) is 12.5 Å². The number of carbonyl (C=O) groups excluding carboxylic acids is 1. The van der Waals surface area contributed by atoms with Gasteiger partial charge in [0.15, 0.2) is 6.61 Å². The summed E-state index contributed by atoms with van der Waals surface area (Å²) < 4.78 is 18.4. The van der Waals surface area contributed by atoms with Gasteiger partial charge >= 0.3 is 0 Å². The molecule has 0 aliphatic rings. The maximum atomic E-state index is 13.0. The molecule has 0 aliphatic heterocycles. The van der Waals surface area contributed by atoms with Gasteiger partial charge in [-0.15, -0.1) is 0 Å². The molecule has 0 atom stereocenters. The van der Waals surface area contributed by atoms with E-state index < -0.39 is 5.82 Å². The lowest BCUT2D eigenvalue weighted by Gasteiger charge is -2.08. The Bertz CT molecular complexity index is 644. The maximum Gasteiger partial charge on any atom is 0.262 e. The van der Waals surface area contributed by atoms with E-state index in [1.165, 1.54) is 23.8 Å². The molecular weight excluding hydrogens is 305 g/mol. The molecule has 0 radical (unpaired) electrons. The molecule has 3 nitrogen and oxygen atoms in total. The van der Waals surface area contributed by atoms with Crippen molar-refractivity contribution in [2.75, 3.05) is 11.9 Å². The van der Waals surface area contributed by atoms with Crippen LogP contribution in [-0.2, 0) is 11.2 Å². The Morgan fingerprint density at radius 3 is 2.59 bits per heavy atom. The van der Waals surface area contributed by atoms with Crippen molar-refractivity contribution in [2.45, 2.75) is 19.8 Å². The van der Waals surface area contributed by atoms with Crippen LogP contribution in [0.2, 0.25) is 5.02 Å². The quantitative estimate of drug-likeness (QED) is 0.853. The first-order chi connectivity index (χ1) is 10.6. The van der Waals surface area contributed by atoms with Crippen molar-refractivity contribution >= 4 is 23.2 Å². The molecule has 1 amide bonds. The van der Waals surface area contributed by atoms with E-state index in [1.54, 1.807) is 0 Å². The van der Waals surface area contributed by atoms with Crippen LogP contribution < -0.4 is 10.1 Å². The van der Waals surface area contributed by atoms with Crippen LogP contribution in [0.25, 0.3) is 0 Å². The Labute approximate surface area is 134 Å². The monoisotopic (exact) mass is 321 g/mol. The largest absolute Gasteiger partial charge is 0.484 e. The first-order valence-electron chi connectivity index (χ1n) is 7.05. The number of hydrogen-bond acceptors (Lipinski definition) is 2. The van der Waals surface area contributed by atoms with Crippen molar-refractivity contribution in [1.29, 1.82) is 0 Å². The van der Waals surface area contributed by atoms with Gasteiger partial charge in [0.1, 0.15) is 11.6 Å². The number of hydrogen-bond donors (Lipinski definition) is 1. The second-order valence-electron chi connectivity index (χ2n) is 4.86. The summed E-state index contributed by atoms with van der Waals surface area (Å²) in [6, 6.07) is 11.6. The molecule has 0 fully saturated rings. The van der Waals surface area contributed by atoms with Crippen LogP contribution in [0.1, 0.15) is 18.9 Å². The fraction of sp³-hybridized carbons (Fsp3) is 0.235. The highest BCUT2D eigenvalue weighted by Gasteiger charge is 2.06. The maximum absolute atomic E-state index is 13.0. The fourth-order valence-electron chi connectivity index (χ4n) is 1.96. The second kappa shape index (κ2) is 7.80. The molecule has 0 aromatic heterocycles. The summed E-state index contributed by atoms with van der Waals surface area (Å²) >= 11 is 5.65. The van der Waals surface area contributed by atoms with Gasteiger partial charge in [0.25, 0.3) is 5.91 Å². The molecule has 2 rings (SSSR count). The number of rotatable bonds is 6. The molecule has 0 aliphatic carbocycles. The minimum absolute atomic E-state index is 0.0368. The molecule has 116 valence electrons. The molecule has 1 N–H and O–H groups in total. The number of nitrogens with one attached hydrogen (secondary N) is 1. The summed E-state index contributed by atoms with van der Waals surface area (Å²) in [5, 5.41) is 2.56. The summed E-state index contributed by atoms with van der Waals surface area (Å²) in [5.74, 6) is -0.226. The fourth-order valence-corrected chi connectivity index (χ4v) is 2.14. The van der Waals surface area contributed by atoms with Crippen molar-refractivity contribution in [3.8, 4) is 5.75 Å². The number of ether oxygens (including phenoxy) is 1. The van der Waals surface area contributed by atoms with Crippen molar-refractivity contribution in [1.82, 2.24) is 0 Å². The van der Waals surface area contributed by atoms with Crippen LogP contribution in [0.4, 0.5) is 10.1 Å². The summed E-state index contributed by atoms with van der Waals surface area (Å²) in [6.45, 7) is 2.00. The van der Waals surface area contributed by atoms with Gasteiger partial charge in [-0.25, -0.2) is 4.39 Å². The zero-order valence-corrected chi connectivity index (χ0v) is 13.0. The van der Waals surface area contributed by atoms with Gasteiger partial charge in [-0.2, -0.15) is 0 Å². The van der Waals surface area contributed by atoms with Crippen molar-refractivity contribution in [3.05, 3.63) is 58.9 Å². The van der Waals surface area contributed by atoms with Gasteiger partial charge in [-0.3, -0.25) is 4.79 Å². The summed E-state index contributed by atoms with van der Waals surface area (Å²) in [6.07, 6.45) is 2.11. The Hall–Kier alpha value is -2.07. The second-order valence-corrected chi connectivity index (χ2v) is 5.27. The molecule has 22 heavy (non-hydrogen) atoms. The average molecular weight is 322 g/mol. The Morgan fingerprint density at radius 2 is 1.95 bits per heavy atom. The molecular formula is C17H17ClFNO2. The predicted octanol–water partition coefficient (Wildman–Crippen LogP) is 4.45. The van der Waals surface area contributed by atoms with Gasteiger partial charge < -0.3 is 10.1 Å². The highest BCUT2D eigenvalue weighted by molar-refractivity contribution is 6.31. The minimum atomic E-state index is -0.525. The number of amides is 1. The topological polar surface area (TPSA) is 38.3 Å². The van der Waals surface area contributed by atoms with Crippen LogP contribution in [0, 0.1) is 5.82 Å². The number of carbonyl (C=O) groups is 1. The van der Waals surface area contributed by atoms with Crippen LogP contribution >= 0.6 is 11.6 Å². The van der Waals surface area contributed by atoms with Gasteiger partial charge in [0.2, 0.25) is 0 Å². The van der Waals surface area contributed by atoms with Crippen molar-refractivity contribution in [3.63, 3.8) is 0 Å². The predicted molar refractivity (Wildman–Crippen MR) is 86.0 cm³/mol. The molecule has 2 aromatic rings. The molecule has 0 saturated heterocycles. The molecule has 0 spiro atoms. The zero-order valence-electron chi connectivity index (χ0n) is 12.2. The minimum Gasteiger partial charge on any atom is -0.484 e. The van der Waals surface area contributed by atoms with Crippen LogP contribution in [0.3, 0.4) is 0 Å². The first kappa shape index (κ1) is 16.3. The molecule has 0 heterocycles. The van der Waals surface area contributed by atoms with Gasteiger partial charge in [0, 0.05) is 5.69 Å². The van der Waals surface area contributed by atoms with Gasteiger partial charge in [0.05, 0.1) is 5.02 Å². The van der Waals surface area contributed by atoms with E-state index in [9.17, 15) is 9.18 Å². The van der Waals surface area contributed by atoms with Crippen molar-refractivity contribution < 1.29 is 13.9 Å². The number of aryl methyl sites for hydroxylation is 1. The van der Waals surface area contributed by atoms with E-state index in [4.69, 9.17) is 16.3 Å². The number of benzene rings is 2. The third-order valence-corrected chi connectivity index (χ3v) is 3.32. The van der Waals surface area contributed by atoms with E-state index in [2.05, 4.69) is 12.2 Å². The Kier molecular flexibility index (Phi) is 5.78. The Morgan fingerprint density at radius 1 is 1.23 bits per heavy atom. The highest BCUT2D eigenvalue weighted by Crippen LogP contribution is 2.19. The lowest BCUT2D eigenvalue weighted by atomic mass is 10.1. The van der Waals surface area contributed by atoms with Gasteiger partial charge in [-0.05, 0) is 42.3 Å². The van der Waals surface area contributed by atoms with E-state index in [0.29, 0.717) is 11.4 Å². The van der Waals surface area contributed by atoms with Crippen LogP contribution in [0.5, 0.6) is 5.75 Å². The summed E-state index contributed by atoms with van der Waals surface area (Å²) in [4.78, 5) is 11.8. The normalized spacial score (nSPS) is 10.3. The molecule has 0 bridgehead atoms. The lowest BCUT2D eigenvalue weighted by molar-refractivity contribution is -0.118. The van der Waals surface area contributed by atoms with E-state index >= 15 is 0 Å². The van der Waals surface area contributed by atoms with E-state index in [-0.39, 0.29) is 17.5 Å². The summed E-state index contributed by atoms with van der Waals surface area (Å²) in [7, 11) is 0. The van der Waals surface area contributed by atoms with E-state index in [0.717, 1.165) is 12.8 Å². The third kappa shape index (κ3) is 4.74. The Balaban J connectivity index is 1.85. The lowest BCUT2D eigenvalue weighted by Crippen LogP contribution is -2.20. The van der Waals surface area contributed by atoms with Crippen LogP contribution in [0.15, 0.2) is 42.5 Å². The molecule has 5 heteroatoms. The van der Waals surface area contributed by atoms with E-state index in [1.807, 2.05) is 24.3 Å². The SMILES string of the molecule is CCCc1ccc(OCC(=O)Nc2ccc(F)c(Cl)c2)cc1. The number of anilines is 1. The number of halogens is 2. The smallest absolute Gasteiger partial charge is 0.262 e. The zero-order chi connectivity index (χ0) is 15.9. The molecule has 0 unspecified atom stereocenters. The first-order valence-corrected chi connectivity index (χ1v) is 7.43. The van der Waals surface area contributed by atoms with Crippen molar-refractivity contribution in [2.24, 2.45) is 0 Å². The molecule has 2 aromatic carbocycles. The standard InChI is InChI=1S/C17H17ClFNO2/c1-2-3-12-4-7-14(8-5-12)22-11-17(21)20-13-6-9-16(19)15(18)10-13/h4-10H,2-3,11H2,1H3,(H,20,21). The summed E-state index contributed by atoms with van der Waals surface area (Å²) in [5.41, 5.74) is 1.67. The third-order valence-electron chi connectivity index (χ3n) is 3.04. The van der Waals surface area contributed by atoms with Gasteiger partial charge in [-0.1, -0.05) is 37.1 Å². The average Bonchev–Trinajstić information content (AvgIpc) is 2.51. The highest BCUT2D eigenvalue weighted by atomic mass is 35.5.